The summed E-state index contributed by atoms with van der Waals surface area (Å²) in [5.74, 6) is -0.397. The van der Waals surface area contributed by atoms with Crippen LogP contribution in [0.4, 0.5) is 14.5 Å². The molecule has 0 bridgehead atoms. The first kappa shape index (κ1) is 9.26. The zero-order valence-corrected chi connectivity index (χ0v) is 7.04. The molecule has 0 saturated carbocycles. The van der Waals surface area contributed by atoms with E-state index in [0.717, 1.165) is 0 Å². The van der Waals surface area contributed by atoms with Gasteiger partial charge < -0.3 is 5.32 Å². The summed E-state index contributed by atoms with van der Waals surface area (Å²) in [7, 11) is 0. The first-order valence-electron chi connectivity index (χ1n) is 3.49. The monoisotopic (exact) mass is 191 g/mol. The van der Waals surface area contributed by atoms with Crippen molar-refractivity contribution in [1.29, 1.82) is 0 Å². The lowest BCUT2D eigenvalue weighted by Gasteiger charge is -2.05. The minimum Gasteiger partial charge on any atom is -0.381 e. The minimum absolute atomic E-state index is 0.186. The molecule has 0 unspecified atom stereocenters. The molecule has 0 amide bonds. The average molecular weight is 192 g/mol. The fourth-order valence-electron chi connectivity index (χ4n) is 0.815. The summed E-state index contributed by atoms with van der Waals surface area (Å²) in [5, 5.41) is 2.98. The zero-order valence-electron chi connectivity index (χ0n) is 6.28. The van der Waals surface area contributed by atoms with E-state index in [1.807, 2.05) is 0 Å². The Kier molecular flexibility index (Phi) is 3.29. The second-order valence-electron chi connectivity index (χ2n) is 2.24. The molecule has 1 N–H and O–H groups in total. The Morgan fingerprint density at radius 2 is 2.17 bits per heavy atom. The van der Waals surface area contributed by atoms with Crippen LogP contribution in [0, 0.1) is 5.82 Å². The van der Waals surface area contributed by atoms with E-state index in [1.54, 1.807) is 0 Å². The summed E-state index contributed by atoms with van der Waals surface area (Å²) in [6.45, 7) is -0.293. The van der Waals surface area contributed by atoms with Crippen molar-refractivity contribution in [3.05, 3.63) is 29.0 Å². The summed E-state index contributed by atoms with van der Waals surface area (Å²) in [6.07, 6.45) is 0. The maximum Gasteiger partial charge on any atom is 0.124 e. The molecule has 0 aromatic heterocycles. The quantitative estimate of drug-likeness (QED) is 0.775. The van der Waals surface area contributed by atoms with Crippen LogP contribution in [0.2, 0.25) is 5.02 Å². The maximum atomic E-state index is 12.5. The van der Waals surface area contributed by atoms with Crippen molar-refractivity contribution in [2.75, 3.05) is 18.5 Å². The zero-order chi connectivity index (χ0) is 8.97. The highest BCUT2D eigenvalue weighted by Crippen LogP contribution is 2.21. The van der Waals surface area contributed by atoms with E-state index < -0.39 is 12.5 Å². The van der Waals surface area contributed by atoms with Gasteiger partial charge in [0.2, 0.25) is 0 Å². The number of benzene rings is 1. The number of rotatable bonds is 3. The van der Waals surface area contributed by atoms with E-state index in [1.165, 1.54) is 18.2 Å². The van der Waals surface area contributed by atoms with E-state index >= 15 is 0 Å². The summed E-state index contributed by atoms with van der Waals surface area (Å²) in [5.41, 5.74) is 0.552. The lowest BCUT2D eigenvalue weighted by molar-refractivity contribution is 0.513. The van der Waals surface area contributed by atoms with Gasteiger partial charge in [-0.2, -0.15) is 0 Å². The Bertz CT molecular complexity index is 265. The van der Waals surface area contributed by atoms with Crippen LogP contribution < -0.4 is 5.32 Å². The van der Waals surface area contributed by atoms with Gasteiger partial charge in [-0.1, -0.05) is 11.6 Å². The van der Waals surface area contributed by atoms with Crippen LogP contribution >= 0.6 is 11.6 Å². The average Bonchev–Trinajstić information content (AvgIpc) is 2.03. The SMILES string of the molecule is FCCNc1ccc(F)cc1Cl. The lowest BCUT2D eigenvalue weighted by Crippen LogP contribution is -2.03. The number of halogens is 3. The maximum absolute atomic E-state index is 12.5. The fraction of sp³-hybridized carbons (Fsp3) is 0.250. The Morgan fingerprint density at radius 3 is 2.75 bits per heavy atom. The van der Waals surface area contributed by atoms with Gasteiger partial charge in [0, 0.05) is 6.54 Å². The summed E-state index contributed by atoms with van der Waals surface area (Å²) in [6, 6.07) is 3.93. The smallest absolute Gasteiger partial charge is 0.124 e. The Morgan fingerprint density at radius 1 is 1.42 bits per heavy atom. The van der Waals surface area contributed by atoms with Gasteiger partial charge >= 0.3 is 0 Å². The van der Waals surface area contributed by atoms with E-state index in [4.69, 9.17) is 11.6 Å². The largest absolute Gasteiger partial charge is 0.381 e. The third kappa shape index (κ3) is 2.34. The molecule has 1 aromatic rings. The standard InChI is InChI=1S/C8H8ClF2N/c9-7-5-6(11)1-2-8(7)12-4-3-10/h1-2,5,12H,3-4H2. The van der Waals surface area contributed by atoms with Crippen molar-refractivity contribution in [2.24, 2.45) is 0 Å². The second-order valence-corrected chi connectivity index (χ2v) is 2.65. The second kappa shape index (κ2) is 4.26. The first-order valence-corrected chi connectivity index (χ1v) is 3.86. The molecular weight excluding hydrogens is 184 g/mol. The normalized spacial score (nSPS) is 9.92. The third-order valence-electron chi connectivity index (χ3n) is 1.34. The van der Waals surface area contributed by atoms with Gasteiger partial charge in [-0.3, -0.25) is 0 Å². The highest BCUT2D eigenvalue weighted by molar-refractivity contribution is 6.33. The van der Waals surface area contributed by atoms with Crippen LogP contribution in [-0.4, -0.2) is 13.2 Å². The van der Waals surface area contributed by atoms with E-state index in [-0.39, 0.29) is 11.6 Å². The van der Waals surface area contributed by atoms with Gasteiger partial charge in [-0.15, -0.1) is 0 Å². The van der Waals surface area contributed by atoms with E-state index in [0.29, 0.717) is 5.69 Å². The molecule has 1 aromatic carbocycles. The molecule has 0 atom stereocenters. The lowest BCUT2D eigenvalue weighted by atomic mass is 10.3. The molecule has 0 aliphatic heterocycles. The molecule has 1 nitrogen and oxygen atoms in total. The predicted molar refractivity (Wildman–Crippen MR) is 45.9 cm³/mol. The summed E-state index contributed by atoms with van der Waals surface area (Å²) >= 11 is 5.64. The molecule has 66 valence electrons. The van der Waals surface area contributed by atoms with Gasteiger partial charge in [-0.25, -0.2) is 8.78 Å². The van der Waals surface area contributed by atoms with Crippen molar-refractivity contribution >= 4 is 17.3 Å². The summed E-state index contributed by atoms with van der Waals surface area (Å²) in [4.78, 5) is 0. The number of hydrogen-bond acceptors (Lipinski definition) is 1. The molecule has 0 aliphatic carbocycles. The van der Waals surface area contributed by atoms with Gasteiger partial charge in [0.05, 0.1) is 10.7 Å². The van der Waals surface area contributed by atoms with Crippen molar-refractivity contribution in [2.45, 2.75) is 0 Å². The Labute approximate surface area is 74.3 Å². The molecule has 0 fully saturated rings. The molecule has 0 heterocycles. The summed E-state index contributed by atoms with van der Waals surface area (Å²) < 4.78 is 24.2. The predicted octanol–water partition coefficient (Wildman–Crippen LogP) is 2.86. The highest BCUT2D eigenvalue weighted by Gasteiger charge is 1.99. The molecule has 0 radical (unpaired) electrons. The van der Waals surface area contributed by atoms with Crippen molar-refractivity contribution in [3.63, 3.8) is 0 Å². The molecule has 0 spiro atoms. The molecule has 0 saturated heterocycles. The topological polar surface area (TPSA) is 12.0 Å². The Balaban J connectivity index is 2.72. The highest BCUT2D eigenvalue weighted by atomic mass is 35.5. The third-order valence-corrected chi connectivity index (χ3v) is 1.65. The van der Waals surface area contributed by atoms with Crippen LogP contribution in [0.5, 0.6) is 0 Å². The van der Waals surface area contributed by atoms with Gasteiger partial charge in [0.25, 0.3) is 0 Å². The minimum atomic E-state index is -0.478. The number of anilines is 1. The number of alkyl halides is 1. The van der Waals surface area contributed by atoms with Crippen LogP contribution in [0.25, 0.3) is 0 Å². The Hall–Kier alpha value is -0.830. The molecule has 4 heteroatoms. The molecule has 0 aliphatic rings. The molecular formula is C8H8ClF2N. The van der Waals surface area contributed by atoms with Gasteiger partial charge in [0.1, 0.15) is 12.5 Å². The molecule has 12 heavy (non-hydrogen) atoms. The number of hydrogen-bond donors (Lipinski definition) is 1. The van der Waals surface area contributed by atoms with Crippen LogP contribution in [-0.2, 0) is 0 Å². The van der Waals surface area contributed by atoms with Crippen LogP contribution in [0.3, 0.4) is 0 Å². The molecule has 1 rings (SSSR count). The van der Waals surface area contributed by atoms with Crippen LogP contribution in [0.15, 0.2) is 18.2 Å². The van der Waals surface area contributed by atoms with E-state index in [2.05, 4.69) is 5.32 Å². The number of nitrogens with one attached hydrogen (secondary N) is 1. The van der Waals surface area contributed by atoms with Crippen molar-refractivity contribution < 1.29 is 8.78 Å². The van der Waals surface area contributed by atoms with Crippen molar-refractivity contribution in [3.8, 4) is 0 Å². The van der Waals surface area contributed by atoms with Gasteiger partial charge in [0.15, 0.2) is 0 Å². The van der Waals surface area contributed by atoms with Gasteiger partial charge in [-0.05, 0) is 18.2 Å². The first-order chi connectivity index (χ1) is 5.74. The van der Waals surface area contributed by atoms with E-state index in [9.17, 15) is 8.78 Å². The van der Waals surface area contributed by atoms with Crippen molar-refractivity contribution in [1.82, 2.24) is 0 Å². The van der Waals surface area contributed by atoms with Crippen LogP contribution in [0.1, 0.15) is 0 Å². The fourth-order valence-corrected chi connectivity index (χ4v) is 1.05.